The minimum Gasteiger partial charge on any atom is -0.311 e. The fraction of sp³-hybridized carbons (Fsp3) is 0. The molecule has 0 N–H and O–H groups in total. The summed E-state index contributed by atoms with van der Waals surface area (Å²) in [5, 5.41) is 12.7. The Kier molecular flexibility index (Phi) is 9.11. The van der Waals surface area contributed by atoms with Crippen molar-refractivity contribution >= 4 is 103 Å². The molecule has 3 heteroatoms. The second-order valence-corrected chi connectivity index (χ2v) is 19.1. The van der Waals surface area contributed by atoms with E-state index in [1.807, 2.05) is 11.3 Å². The Morgan fingerprint density at radius 2 is 0.725 bits per heavy atom. The first kappa shape index (κ1) is 39.4. The molecular formula is C66H42N2S. The predicted octanol–water partition coefficient (Wildman–Crippen LogP) is 19.1. The van der Waals surface area contributed by atoms with Gasteiger partial charge < -0.3 is 9.47 Å². The van der Waals surface area contributed by atoms with Gasteiger partial charge in [-0.15, -0.1) is 11.3 Å². The molecule has 2 heterocycles. The van der Waals surface area contributed by atoms with Gasteiger partial charge >= 0.3 is 0 Å². The Hall–Kier alpha value is -8.76. The molecule has 0 spiro atoms. The molecule has 0 amide bonds. The van der Waals surface area contributed by atoms with Crippen molar-refractivity contribution in [1.82, 2.24) is 4.57 Å². The summed E-state index contributed by atoms with van der Waals surface area (Å²) in [5.41, 5.74) is 14.1. The van der Waals surface area contributed by atoms with Crippen LogP contribution in [0.4, 0.5) is 17.1 Å². The highest BCUT2D eigenvalue weighted by Gasteiger charge is 2.18. The monoisotopic (exact) mass is 894 g/mol. The predicted molar refractivity (Wildman–Crippen MR) is 297 cm³/mol. The number of hydrogen-bond acceptors (Lipinski definition) is 2. The molecule has 69 heavy (non-hydrogen) atoms. The summed E-state index contributed by atoms with van der Waals surface area (Å²) < 4.78 is 5.13. The minimum atomic E-state index is 1.11. The van der Waals surface area contributed by atoms with Gasteiger partial charge in [-0.25, -0.2) is 0 Å². The van der Waals surface area contributed by atoms with Crippen LogP contribution < -0.4 is 4.90 Å². The molecule has 0 saturated heterocycles. The molecule has 0 aliphatic carbocycles. The molecule has 0 saturated carbocycles. The topological polar surface area (TPSA) is 8.17 Å². The van der Waals surface area contributed by atoms with Crippen molar-refractivity contribution in [2.24, 2.45) is 0 Å². The second-order valence-electron chi connectivity index (χ2n) is 18.0. The van der Waals surface area contributed by atoms with Gasteiger partial charge in [-0.1, -0.05) is 176 Å². The number of aromatic nitrogens is 1. The number of fused-ring (bicyclic) bond motifs is 12. The average molecular weight is 895 g/mol. The first-order valence-corrected chi connectivity index (χ1v) is 24.5. The molecule has 2 aromatic heterocycles. The average Bonchev–Trinajstić information content (AvgIpc) is 3.97. The van der Waals surface area contributed by atoms with Gasteiger partial charge in [0.25, 0.3) is 0 Å². The molecule has 0 atom stereocenters. The summed E-state index contributed by atoms with van der Waals surface area (Å²) >= 11 is 1.88. The molecule has 14 aromatic rings. The summed E-state index contributed by atoms with van der Waals surface area (Å²) in [4.78, 5) is 2.31. The van der Waals surface area contributed by atoms with Crippen LogP contribution >= 0.6 is 11.3 Å². The van der Waals surface area contributed by atoms with Crippen LogP contribution in [0.2, 0.25) is 0 Å². The number of hydrogen-bond donors (Lipinski definition) is 0. The standard InChI is InChI=1S/C66H42N2S/c1-3-14-48(15-4-1)67(49-16-5-2-6-17-49)50-34-30-44(31-35-50)47-33-39-64-62(41-47)61-40-46(43-26-28-45(29-27-43)52-23-13-24-59-58-22-11-12-25-65(58)69-66(52)59)32-38-63(61)68(64)51-36-37-57-55-20-8-7-18-53(55)54-19-9-10-21-56(54)60(57)42-51/h1-42H. The molecule has 0 aliphatic rings. The van der Waals surface area contributed by atoms with E-state index in [1.165, 1.54) is 108 Å². The lowest BCUT2D eigenvalue weighted by Crippen LogP contribution is -2.09. The lowest BCUT2D eigenvalue weighted by Gasteiger charge is -2.25. The third kappa shape index (κ3) is 6.47. The number of anilines is 3. The van der Waals surface area contributed by atoms with Crippen LogP contribution in [0.15, 0.2) is 255 Å². The van der Waals surface area contributed by atoms with Gasteiger partial charge in [-0.05, 0) is 145 Å². The van der Waals surface area contributed by atoms with Gasteiger partial charge in [0.2, 0.25) is 0 Å². The van der Waals surface area contributed by atoms with E-state index >= 15 is 0 Å². The van der Waals surface area contributed by atoms with Crippen LogP contribution in [0, 0.1) is 0 Å². The zero-order chi connectivity index (χ0) is 45.4. The summed E-state index contributed by atoms with van der Waals surface area (Å²) in [6, 6.07) is 93.6. The van der Waals surface area contributed by atoms with Crippen molar-refractivity contribution in [2.75, 3.05) is 4.90 Å². The molecule has 2 nitrogen and oxygen atoms in total. The fourth-order valence-corrected chi connectivity index (χ4v) is 12.2. The molecule has 0 aliphatic heterocycles. The van der Waals surface area contributed by atoms with Gasteiger partial charge in [0, 0.05) is 53.7 Å². The van der Waals surface area contributed by atoms with E-state index < -0.39 is 0 Å². The second kappa shape index (κ2) is 16.0. The zero-order valence-corrected chi connectivity index (χ0v) is 38.4. The lowest BCUT2D eigenvalue weighted by molar-refractivity contribution is 1.19. The molecule has 0 radical (unpaired) electrons. The number of thiophene rings is 1. The van der Waals surface area contributed by atoms with Crippen LogP contribution in [-0.2, 0) is 0 Å². The van der Waals surface area contributed by atoms with Crippen molar-refractivity contribution in [3.63, 3.8) is 0 Å². The Labute approximate surface area is 403 Å². The lowest BCUT2D eigenvalue weighted by atomic mass is 9.94. The van der Waals surface area contributed by atoms with Gasteiger partial charge in [0.15, 0.2) is 0 Å². The van der Waals surface area contributed by atoms with Gasteiger partial charge in [0.1, 0.15) is 0 Å². The van der Waals surface area contributed by atoms with Gasteiger partial charge in [-0.2, -0.15) is 0 Å². The first-order valence-electron chi connectivity index (χ1n) is 23.7. The maximum absolute atomic E-state index is 2.47. The number of benzene rings is 12. The summed E-state index contributed by atoms with van der Waals surface area (Å²) in [6.07, 6.45) is 0. The van der Waals surface area contributed by atoms with E-state index in [0.717, 1.165) is 22.7 Å². The van der Waals surface area contributed by atoms with E-state index in [1.54, 1.807) is 0 Å². The smallest absolute Gasteiger partial charge is 0.0541 e. The zero-order valence-electron chi connectivity index (χ0n) is 37.6. The number of para-hydroxylation sites is 2. The van der Waals surface area contributed by atoms with E-state index in [9.17, 15) is 0 Å². The van der Waals surface area contributed by atoms with E-state index in [4.69, 9.17) is 0 Å². The quantitative estimate of drug-likeness (QED) is 0.145. The van der Waals surface area contributed by atoms with E-state index in [-0.39, 0.29) is 0 Å². The summed E-state index contributed by atoms with van der Waals surface area (Å²) in [7, 11) is 0. The number of rotatable bonds is 7. The Morgan fingerprint density at radius 3 is 1.32 bits per heavy atom. The highest BCUT2D eigenvalue weighted by molar-refractivity contribution is 7.26. The van der Waals surface area contributed by atoms with Crippen LogP contribution in [0.25, 0.3) is 113 Å². The summed E-state index contributed by atoms with van der Waals surface area (Å²) in [6.45, 7) is 0. The van der Waals surface area contributed by atoms with Gasteiger partial charge in [0.05, 0.1) is 11.0 Å². The van der Waals surface area contributed by atoms with Crippen molar-refractivity contribution < 1.29 is 0 Å². The highest BCUT2D eigenvalue weighted by atomic mass is 32.1. The largest absolute Gasteiger partial charge is 0.311 e. The maximum atomic E-state index is 2.47. The van der Waals surface area contributed by atoms with Crippen molar-refractivity contribution in [1.29, 1.82) is 0 Å². The third-order valence-electron chi connectivity index (χ3n) is 14.2. The van der Waals surface area contributed by atoms with Crippen molar-refractivity contribution in [3.8, 4) is 39.1 Å². The van der Waals surface area contributed by atoms with Crippen LogP contribution in [0.1, 0.15) is 0 Å². The Bertz CT molecular complexity index is 4210. The third-order valence-corrected chi connectivity index (χ3v) is 15.4. The summed E-state index contributed by atoms with van der Waals surface area (Å²) in [5.74, 6) is 0. The first-order chi connectivity index (χ1) is 34.2. The Morgan fingerprint density at radius 1 is 0.275 bits per heavy atom. The van der Waals surface area contributed by atoms with Crippen molar-refractivity contribution in [2.45, 2.75) is 0 Å². The number of nitrogens with zero attached hydrogens (tertiary/aromatic N) is 2. The normalized spacial score (nSPS) is 11.8. The molecule has 0 unspecified atom stereocenters. The molecule has 14 rings (SSSR count). The highest BCUT2D eigenvalue weighted by Crippen LogP contribution is 2.43. The van der Waals surface area contributed by atoms with Crippen LogP contribution in [0.5, 0.6) is 0 Å². The van der Waals surface area contributed by atoms with Crippen LogP contribution in [0.3, 0.4) is 0 Å². The van der Waals surface area contributed by atoms with E-state index in [0.29, 0.717) is 0 Å². The van der Waals surface area contributed by atoms with Gasteiger partial charge in [-0.3, -0.25) is 0 Å². The van der Waals surface area contributed by atoms with Crippen molar-refractivity contribution in [3.05, 3.63) is 255 Å². The SMILES string of the molecule is c1ccc(N(c2ccccc2)c2ccc(-c3ccc4c(c3)c3cc(-c5ccc(-c6cccc7c6sc6ccccc67)cc5)ccc3n4-c3ccc4c5ccccc5c5ccccc5c4c3)cc2)cc1. The Balaban J connectivity index is 0.918. The molecular weight excluding hydrogens is 853 g/mol. The molecule has 0 bridgehead atoms. The van der Waals surface area contributed by atoms with Crippen LogP contribution in [-0.4, -0.2) is 4.57 Å². The molecule has 12 aromatic carbocycles. The maximum Gasteiger partial charge on any atom is 0.0541 e. The molecule has 322 valence electrons. The minimum absolute atomic E-state index is 1.11. The fourth-order valence-electron chi connectivity index (χ4n) is 10.9. The van der Waals surface area contributed by atoms with E-state index in [2.05, 4.69) is 264 Å². The molecule has 0 fully saturated rings.